The lowest BCUT2D eigenvalue weighted by molar-refractivity contribution is -0.135. The summed E-state index contributed by atoms with van der Waals surface area (Å²) >= 11 is 1.27. The zero-order valence-corrected chi connectivity index (χ0v) is 11.2. The van der Waals surface area contributed by atoms with E-state index >= 15 is 0 Å². The van der Waals surface area contributed by atoms with Gasteiger partial charge in [-0.15, -0.1) is 11.3 Å². The summed E-state index contributed by atoms with van der Waals surface area (Å²) in [6, 6.07) is 7.43. The number of hydrogen-bond acceptors (Lipinski definition) is 5. The molecule has 3 N–H and O–H groups in total. The third-order valence-electron chi connectivity index (χ3n) is 3.06. The summed E-state index contributed by atoms with van der Waals surface area (Å²) in [5, 5.41) is 2.97. The van der Waals surface area contributed by atoms with E-state index in [0.29, 0.717) is 10.6 Å². The Morgan fingerprint density at radius 3 is 2.50 bits per heavy atom. The lowest BCUT2D eigenvalue weighted by atomic mass is 10.2. The number of imide groups is 1. The third kappa shape index (κ3) is 2.01. The second-order valence-corrected chi connectivity index (χ2v) is 5.53. The Balaban J connectivity index is 1.98. The van der Waals surface area contributed by atoms with Gasteiger partial charge in [-0.05, 0) is 6.07 Å². The van der Waals surface area contributed by atoms with Gasteiger partial charge in [-0.1, -0.05) is 18.2 Å². The highest BCUT2D eigenvalue weighted by atomic mass is 32.1. The Bertz CT molecular complexity index is 722. The van der Waals surface area contributed by atoms with Crippen molar-refractivity contribution in [2.45, 2.75) is 0 Å². The standard InChI is InChI=1S/C13H11N3O3S/c14-11-7-3-1-2-4-8(7)20-12(11)13(19)16-5-9(17)15-10(18)6-16/h1-4H,5-6,14H2,(H,15,17,18). The van der Waals surface area contributed by atoms with Gasteiger partial charge in [0.2, 0.25) is 11.8 Å². The fraction of sp³-hybridized carbons (Fsp3) is 0.154. The predicted molar refractivity (Wildman–Crippen MR) is 75.3 cm³/mol. The summed E-state index contributed by atoms with van der Waals surface area (Å²) in [5.41, 5.74) is 6.39. The fourth-order valence-electron chi connectivity index (χ4n) is 2.15. The van der Waals surface area contributed by atoms with E-state index in [2.05, 4.69) is 5.32 Å². The second kappa shape index (κ2) is 4.61. The molecule has 0 saturated carbocycles. The van der Waals surface area contributed by atoms with E-state index in [1.54, 1.807) is 0 Å². The second-order valence-electron chi connectivity index (χ2n) is 4.47. The summed E-state index contributed by atoms with van der Waals surface area (Å²) < 4.78 is 0.904. The maximum absolute atomic E-state index is 12.4. The van der Waals surface area contributed by atoms with Gasteiger partial charge in [-0.3, -0.25) is 19.7 Å². The Morgan fingerprint density at radius 2 is 1.85 bits per heavy atom. The van der Waals surface area contributed by atoms with Gasteiger partial charge in [0.05, 0.1) is 5.69 Å². The fourth-order valence-corrected chi connectivity index (χ4v) is 3.24. The number of piperazine rings is 1. The molecule has 1 saturated heterocycles. The zero-order valence-electron chi connectivity index (χ0n) is 10.4. The van der Waals surface area contributed by atoms with Crippen molar-refractivity contribution >= 4 is 44.8 Å². The minimum absolute atomic E-state index is 0.127. The molecule has 102 valence electrons. The first-order valence-corrected chi connectivity index (χ1v) is 6.77. The maximum Gasteiger partial charge on any atom is 0.267 e. The van der Waals surface area contributed by atoms with Crippen LogP contribution >= 0.6 is 11.3 Å². The van der Waals surface area contributed by atoms with Crippen molar-refractivity contribution < 1.29 is 14.4 Å². The number of hydrogen-bond donors (Lipinski definition) is 2. The molecule has 7 heteroatoms. The summed E-state index contributed by atoms with van der Waals surface area (Å²) in [4.78, 5) is 36.6. The Hall–Kier alpha value is -2.41. The highest BCUT2D eigenvalue weighted by Crippen LogP contribution is 2.34. The molecule has 3 amide bonds. The first-order valence-electron chi connectivity index (χ1n) is 5.95. The van der Waals surface area contributed by atoms with Gasteiger partial charge in [-0.2, -0.15) is 0 Å². The monoisotopic (exact) mass is 289 g/mol. The minimum Gasteiger partial charge on any atom is -0.397 e. The summed E-state index contributed by atoms with van der Waals surface area (Å²) in [6.07, 6.45) is 0. The summed E-state index contributed by atoms with van der Waals surface area (Å²) in [5.74, 6) is -1.34. The average Bonchev–Trinajstić information content (AvgIpc) is 2.75. The van der Waals surface area contributed by atoms with Crippen LogP contribution in [-0.4, -0.2) is 35.7 Å². The van der Waals surface area contributed by atoms with Crippen molar-refractivity contribution in [3.05, 3.63) is 29.1 Å². The first-order chi connectivity index (χ1) is 9.56. The summed E-state index contributed by atoms with van der Waals surface area (Å²) in [7, 11) is 0. The van der Waals surface area contributed by atoms with Crippen LogP contribution in [0.2, 0.25) is 0 Å². The van der Waals surface area contributed by atoms with Crippen molar-refractivity contribution in [3.8, 4) is 0 Å². The van der Waals surface area contributed by atoms with Crippen molar-refractivity contribution in [1.82, 2.24) is 10.2 Å². The van der Waals surface area contributed by atoms with Crippen LogP contribution in [0.1, 0.15) is 9.67 Å². The molecule has 0 bridgehead atoms. The number of fused-ring (bicyclic) bond motifs is 1. The van der Waals surface area contributed by atoms with Crippen molar-refractivity contribution in [2.24, 2.45) is 0 Å². The van der Waals surface area contributed by atoms with Crippen LogP contribution in [0, 0.1) is 0 Å². The molecule has 3 rings (SSSR count). The van der Waals surface area contributed by atoms with E-state index in [1.807, 2.05) is 24.3 Å². The molecule has 0 aliphatic carbocycles. The molecular formula is C13H11N3O3S. The van der Waals surface area contributed by atoms with Crippen LogP contribution in [-0.2, 0) is 9.59 Å². The highest BCUT2D eigenvalue weighted by Gasteiger charge is 2.29. The Morgan fingerprint density at radius 1 is 1.20 bits per heavy atom. The first kappa shape index (κ1) is 12.6. The van der Waals surface area contributed by atoms with Crippen molar-refractivity contribution in [3.63, 3.8) is 0 Å². The number of anilines is 1. The third-order valence-corrected chi connectivity index (χ3v) is 4.24. The van der Waals surface area contributed by atoms with Crippen LogP contribution in [0.5, 0.6) is 0 Å². The minimum atomic E-state index is -0.478. The number of nitrogen functional groups attached to an aromatic ring is 1. The number of nitrogens with one attached hydrogen (secondary N) is 1. The molecule has 2 aromatic rings. The van der Waals surface area contributed by atoms with Crippen LogP contribution in [0.4, 0.5) is 5.69 Å². The number of amides is 3. The molecule has 1 aliphatic heterocycles. The summed E-state index contributed by atoms with van der Waals surface area (Å²) in [6.45, 7) is -0.253. The van der Waals surface area contributed by atoms with Gasteiger partial charge in [0, 0.05) is 10.1 Å². The molecule has 1 aromatic heterocycles. The van der Waals surface area contributed by atoms with Gasteiger partial charge in [-0.25, -0.2) is 0 Å². The lowest BCUT2D eigenvalue weighted by Gasteiger charge is -2.25. The number of carbonyl (C=O) groups is 3. The highest BCUT2D eigenvalue weighted by molar-refractivity contribution is 7.21. The van der Waals surface area contributed by atoms with Gasteiger partial charge in [0.15, 0.2) is 0 Å². The van der Waals surface area contributed by atoms with Crippen LogP contribution in [0.15, 0.2) is 24.3 Å². The molecule has 1 aliphatic rings. The molecule has 6 nitrogen and oxygen atoms in total. The zero-order chi connectivity index (χ0) is 14.3. The molecule has 0 spiro atoms. The number of nitrogens with zero attached hydrogens (tertiary/aromatic N) is 1. The molecule has 1 aromatic carbocycles. The number of thiophene rings is 1. The quantitative estimate of drug-likeness (QED) is 0.751. The van der Waals surface area contributed by atoms with Gasteiger partial charge < -0.3 is 10.6 Å². The van der Waals surface area contributed by atoms with Crippen LogP contribution < -0.4 is 11.1 Å². The largest absolute Gasteiger partial charge is 0.397 e. The molecular weight excluding hydrogens is 278 g/mol. The van der Waals surface area contributed by atoms with Gasteiger partial charge >= 0.3 is 0 Å². The molecule has 2 heterocycles. The smallest absolute Gasteiger partial charge is 0.267 e. The molecule has 0 atom stereocenters. The Kier molecular flexibility index (Phi) is 2.90. The molecule has 0 radical (unpaired) electrons. The van der Waals surface area contributed by atoms with E-state index in [-0.39, 0.29) is 19.0 Å². The molecule has 1 fully saturated rings. The number of carbonyl (C=O) groups excluding carboxylic acids is 3. The van der Waals surface area contributed by atoms with Crippen molar-refractivity contribution in [2.75, 3.05) is 18.8 Å². The topological polar surface area (TPSA) is 92.5 Å². The number of benzene rings is 1. The average molecular weight is 289 g/mol. The van der Waals surface area contributed by atoms with Gasteiger partial charge in [0.25, 0.3) is 5.91 Å². The van der Waals surface area contributed by atoms with E-state index in [0.717, 1.165) is 10.1 Å². The van der Waals surface area contributed by atoms with E-state index in [9.17, 15) is 14.4 Å². The number of rotatable bonds is 1. The molecule has 0 unspecified atom stereocenters. The number of nitrogens with two attached hydrogens (primary N) is 1. The van der Waals surface area contributed by atoms with E-state index in [1.165, 1.54) is 16.2 Å². The van der Waals surface area contributed by atoms with Gasteiger partial charge in [0.1, 0.15) is 18.0 Å². The lowest BCUT2D eigenvalue weighted by Crippen LogP contribution is -2.53. The van der Waals surface area contributed by atoms with Crippen molar-refractivity contribution in [1.29, 1.82) is 0 Å². The van der Waals surface area contributed by atoms with Crippen LogP contribution in [0.3, 0.4) is 0 Å². The maximum atomic E-state index is 12.4. The van der Waals surface area contributed by atoms with E-state index < -0.39 is 11.8 Å². The SMILES string of the molecule is Nc1c(C(=O)N2CC(=O)NC(=O)C2)sc2ccccc12. The normalized spacial score (nSPS) is 15.5. The Labute approximate surface area is 118 Å². The van der Waals surface area contributed by atoms with Crippen LogP contribution in [0.25, 0.3) is 10.1 Å². The van der Waals surface area contributed by atoms with E-state index in [4.69, 9.17) is 5.73 Å². The predicted octanol–water partition coefficient (Wildman–Crippen LogP) is 0.582. The molecule has 20 heavy (non-hydrogen) atoms.